The molecule has 1 unspecified atom stereocenters. The van der Waals surface area contributed by atoms with Gasteiger partial charge in [0.15, 0.2) is 14.1 Å². The molecule has 5 nitrogen and oxygen atoms in total. The average Bonchev–Trinajstić information content (AvgIpc) is 2.30. The van der Waals surface area contributed by atoms with Crippen molar-refractivity contribution in [2.45, 2.75) is 32.2 Å². The maximum Gasteiger partial charge on any atom is 0.228 e. The Labute approximate surface area is 114 Å². The van der Waals surface area contributed by atoms with Gasteiger partial charge in [-0.25, -0.2) is 0 Å². The van der Waals surface area contributed by atoms with E-state index in [9.17, 15) is 10.1 Å². The van der Waals surface area contributed by atoms with Gasteiger partial charge in [-0.05, 0) is 38.2 Å². The third kappa shape index (κ3) is 2.72. The van der Waals surface area contributed by atoms with E-state index in [0.29, 0.717) is 5.57 Å². The van der Waals surface area contributed by atoms with Crippen LogP contribution in [0, 0.1) is 11.3 Å². The number of ketones is 1. The molecule has 19 heavy (non-hydrogen) atoms. The van der Waals surface area contributed by atoms with E-state index in [4.69, 9.17) is 13.9 Å². The van der Waals surface area contributed by atoms with Crippen LogP contribution in [0.1, 0.15) is 6.92 Å². The van der Waals surface area contributed by atoms with Crippen molar-refractivity contribution in [3.8, 4) is 6.07 Å². The Morgan fingerprint density at radius 1 is 1.26 bits per heavy atom. The Morgan fingerprint density at radius 3 is 2.21 bits per heavy atom. The van der Waals surface area contributed by atoms with Gasteiger partial charge in [0, 0.05) is 0 Å². The minimum Gasteiger partial charge on any atom is -0.493 e. The molecule has 1 aliphatic rings. The molecule has 0 heterocycles. The van der Waals surface area contributed by atoms with Gasteiger partial charge >= 0.3 is 0 Å². The van der Waals surface area contributed by atoms with Crippen molar-refractivity contribution in [3.05, 3.63) is 23.2 Å². The van der Waals surface area contributed by atoms with E-state index in [2.05, 4.69) is 6.07 Å². The molecular weight excluding hydrogens is 262 g/mol. The molecule has 0 N–H and O–H groups in total. The SMILES string of the molecule is COC1=C(OC)C(C#N)(O[Si](C)(C)C)C(C)=CC1=O. The van der Waals surface area contributed by atoms with Crippen molar-refractivity contribution in [2.24, 2.45) is 0 Å². The molecule has 0 aliphatic heterocycles. The second-order valence-corrected chi connectivity index (χ2v) is 9.69. The number of carbonyl (C=O) groups excluding carboxylic acids is 1. The number of carbonyl (C=O) groups is 1. The molecule has 0 saturated heterocycles. The third-order valence-electron chi connectivity index (χ3n) is 2.68. The number of allylic oxidation sites excluding steroid dienone is 1. The molecule has 0 aromatic rings. The number of nitrogens with zero attached hydrogens (tertiary/aromatic N) is 1. The minimum absolute atomic E-state index is 0.0212. The predicted molar refractivity (Wildman–Crippen MR) is 72.6 cm³/mol. The lowest BCUT2D eigenvalue weighted by Gasteiger charge is -2.37. The fourth-order valence-electron chi connectivity index (χ4n) is 1.99. The zero-order valence-corrected chi connectivity index (χ0v) is 13.2. The van der Waals surface area contributed by atoms with E-state index in [-0.39, 0.29) is 17.3 Å². The van der Waals surface area contributed by atoms with Crippen LogP contribution in [0.5, 0.6) is 0 Å². The van der Waals surface area contributed by atoms with Gasteiger partial charge in [-0.15, -0.1) is 0 Å². The third-order valence-corrected chi connectivity index (χ3v) is 3.60. The molecule has 0 amide bonds. The zero-order chi connectivity index (χ0) is 14.8. The summed E-state index contributed by atoms with van der Waals surface area (Å²) in [6, 6.07) is 2.14. The summed E-state index contributed by atoms with van der Waals surface area (Å²) in [5.74, 6) is -0.167. The van der Waals surface area contributed by atoms with Crippen LogP contribution in [0.25, 0.3) is 0 Å². The Hall–Kier alpha value is -1.58. The van der Waals surface area contributed by atoms with E-state index in [1.165, 1.54) is 20.3 Å². The molecule has 0 spiro atoms. The van der Waals surface area contributed by atoms with Crippen LogP contribution in [0.3, 0.4) is 0 Å². The number of rotatable bonds is 4. The summed E-state index contributed by atoms with van der Waals surface area (Å²) in [4.78, 5) is 11.9. The first-order valence-corrected chi connectivity index (χ1v) is 9.30. The quantitative estimate of drug-likeness (QED) is 0.738. The Balaban J connectivity index is 3.50. The molecule has 0 saturated carbocycles. The van der Waals surface area contributed by atoms with Gasteiger partial charge in [0.25, 0.3) is 0 Å². The Morgan fingerprint density at radius 2 is 1.84 bits per heavy atom. The van der Waals surface area contributed by atoms with Crippen LogP contribution in [-0.4, -0.2) is 33.9 Å². The van der Waals surface area contributed by atoms with Crippen molar-refractivity contribution in [1.82, 2.24) is 0 Å². The maximum atomic E-state index is 11.9. The maximum absolute atomic E-state index is 11.9. The van der Waals surface area contributed by atoms with Gasteiger partial charge in [0.05, 0.1) is 14.2 Å². The van der Waals surface area contributed by atoms with Crippen molar-refractivity contribution >= 4 is 14.1 Å². The van der Waals surface area contributed by atoms with E-state index in [0.717, 1.165) is 0 Å². The first-order valence-electron chi connectivity index (χ1n) is 5.89. The van der Waals surface area contributed by atoms with E-state index in [1.54, 1.807) is 6.92 Å². The highest BCUT2D eigenvalue weighted by Gasteiger charge is 2.48. The standard InChI is InChI=1S/C13H19NO4Si/c1-9-7-10(15)11(16-2)12(17-3)13(9,8-14)18-19(4,5)6/h7H,1-6H3. The number of nitriles is 1. The van der Waals surface area contributed by atoms with Crippen LogP contribution >= 0.6 is 0 Å². The molecule has 0 bridgehead atoms. The van der Waals surface area contributed by atoms with Gasteiger partial charge in [-0.2, -0.15) is 5.26 Å². The number of ether oxygens (including phenoxy) is 2. The average molecular weight is 281 g/mol. The summed E-state index contributed by atoms with van der Waals surface area (Å²) in [6.07, 6.45) is 1.37. The largest absolute Gasteiger partial charge is 0.493 e. The molecule has 0 radical (unpaired) electrons. The summed E-state index contributed by atoms with van der Waals surface area (Å²) < 4.78 is 16.3. The van der Waals surface area contributed by atoms with Gasteiger partial charge in [-0.1, -0.05) is 0 Å². The molecule has 1 aliphatic carbocycles. The number of hydrogen-bond acceptors (Lipinski definition) is 5. The fourth-order valence-corrected chi connectivity index (χ4v) is 3.21. The highest BCUT2D eigenvalue weighted by molar-refractivity contribution is 6.70. The smallest absolute Gasteiger partial charge is 0.228 e. The highest BCUT2D eigenvalue weighted by Crippen LogP contribution is 2.38. The van der Waals surface area contributed by atoms with Crippen molar-refractivity contribution < 1.29 is 18.7 Å². The molecular formula is C13H19NO4Si. The van der Waals surface area contributed by atoms with Crippen LogP contribution in [0.4, 0.5) is 0 Å². The van der Waals surface area contributed by atoms with Gasteiger partial charge in [-0.3, -0.25) is 4.79 Å². The molecule has 0 fully saturated rings. The number of hydrogen-bond donors (Lipinski definition) is 0. The lowest BCUT2D eigenvalue weighted by Crippen LogP contribution is -2.47. The lowest BCUT2D eigenvalue weighted by molar-refractivity contribution is -0.115. The van der Waals surface area contributed by atoms with Crippen LogP contribution in [0.2, 0.25) is 19.6 Å². The summed E-state index contributed by atoms with van der Waals surface area (Å²) in [7, 11) is 0.729. The normalized spacial score (nSPS) is 23.8. The van der Waals surface area contributed by atoms with Crippen molar-refractivity contribution in [2.75, 3.05) is 14.2 Å². The molecule has 6 heteroatoms. The summed E-state index contributed by atoms with van der Waals surface area (Å²) in [5.41, 5.74) is -0.863. The lowest BCUT2D eigenvalue weighted by atomic mass is 9.87. The van der Waals surface area contributed by atoms with E-state index in [1.807, 2.05) is 19.6 Å². The van der Waals surface area contributed by atoms with Gasteiger partial charge in [0.1, 0.15) is 6.07 Å². The Bertz CT molecular complexity index is 496. The van der Waals surface area contributed by atoms with E-state index >= 15 is 0 Å². The zero-order valence-electron chi connectivity index (χ0n) is 12.2. The topological polar surface area (TPSA) is 68.6 Å². The summed E-state index contributed by atoms with van der Waals surface area (Å²) >= 11 is 0. The second-order valence-electron chi connectivity index (χ2n) is 5.27. The highest BCUT2D eigenvalue weighted by atomic mass is 28.4. The van der Waals surface area contributed by atoms with E-state index < -0.39 is 13.9 Å². The van der Waals surface area contributed by atoms with Crippen molar-refractivity contribution in [1.29, 1.82) is 5.26 Å². The van der Waals surface area contributed by atoms with Crippen LogP contribution < -0.4 is 0 Å². The van der Waals surface area contributed by atoms with Gasteiger partial charge < -0.3 is 13.9 Å². The summed E-state index contributed by atoms with van der Waals surface area (Å²) in [5, 5.41) is 9.60. The molecule has 0 aromatic heterocycles. The van der Waals surface area contributed by atoms with Crippen LogP contribution in [0.15, 0.2) is 23.2 Å². The molecule has 1 atom stereocenters. The molecule has 1 rings (SSSR count). The predicted octanol–water partition coefficient (Wildman–Crippen LogP) is 2.13. The summed E-state index contributed by atoms with van der Waals surface area (Å²) in [6.45, 7) is 7.59. The number of methoxy groups -OCH3 is 2. The fraction of sp³-hybridized carbons (Fsp3) is 0.538. The van der Waals surface area contributed by atoms with Crippen LogP contribution in [-0.2, 0) is 18.7 Å². The van der Waals surface area contributed by atoms with Crippen molar-refractivity contribution in [3.63, 3.8) is 0 Å². The minimum atomic E-state index is -2.05. The molecule has 0 aromatic carbocycles. The monoisotopic (exact) mass is 281 g/mol. The molecule has 104 valence electrons. The second kappa shape index (κ2) is 5.19. The Kier molecular flexibility index (Phi) is 4.23. The first kappa shape index (κ1) is 15.5. The first-order chi connectivity index (χ1) is 8.71. The van der Waals surface area contributed by atoms with Gasteiger partial charge in [0.2, 0.25) is 17.1 Å².